The zero-order valence-corrected chi connectivity index (χ0v) is 19.5. The van der Waals surface area contributed by atoms with Crippen LogP contribution in [0.1, 0.15) is 20.3 Å². The van der Waals surface area contributed by atoms with Crippen LogP contribution in [0.3, 0.4) is 0 Å². The number of carbonyl (C=O) groups excluding carboxylic acids is 3. The number of hydrogen-bond donors (Lipinski definition) is 2. The third-order valence-corrected chi connectivity index (χ3v) is 8.77. The van der Waals surface area contributed by atoms with Gasteiger partial charge in [-0.15, -0.1) is 11.8 Å². The molecule has 3 saturated heterocycles. The largest absolute Gasteiger partial charge is 0.543 e. The van der Waals surface area contributed by atoms with Gasteiger partial charge in [0.2, 0.25) is 11.8 Å². The molecule has 4 rings (SSSR count). The summed E-state index contributed by atoms with van der Waals surface area (Å²) in [7, 11) is 6.40. The van der Waals surface area contributed by atoms with E-state index in [-0.39, 0.29) is 40.8 Å². The van der Waals surface area contributed by atoms with Crippen LogP contribution in [-0.4, -0.2) is 107 Å². The van der Waals surface area contributed by atoms with E-state index in [0.29, 0.717) is 23.9 Å². The van der Waals surface area contributed by atoms with Crippen molar-refractivity contribution in [2.75, 3.05) is 40.8 Å². The van der Waals surface area contributed by atoms with E-state index in [1.165, 1.54) is 16.7 Å². The number of likely N-dealkylation sites (N-methyl/N-ethyl adjacent to an activating group) is 1. The average molecular weight is 453 g/mol. The van der Waals surface area contributed by atoms with Gasteiger partial charge in [-0.05, 0) is 13.3 Å². The number of aliphatic carboxylic acids is 1. The quantitative estimate of drug-likeness (QED) is 0.361. The fourth-order valence-corrected chi connectivity index (χ4v) is 6.65. The van der Waals surface area contributed by atoms with Crippen LogP contribution in [-0.2, 0) is 14.4 Å². The van der Waals surface area contributed by atoms with Gasteiger partial charge in [0.1, 0.15) is 6.04 Å². The van der Waals surface area contributed by atoms with Crippen molar-refractivity contribution < 1.29 is 29.1 Å². The van der Waals surface area contributed by atoms with Crippen molar-refractivity contribution in [1.29, 1.82) is 0 Å². The Morgan fingerprint density at radius 3 is 2.48 bits per heavy atom. The first kappa shape index (κ1) is 22.6. The molecule has 172 valence electrons. The minimum Gasteiger partial charge on any atom is -0.543 e. The normalized spacial score (nSPS) is 34.5. The molecule has 10 heteroatoms. The Morgan fingerprint density at radius 1 is 1.29 bits per heavy atom. The van der Waals surface area contributed by atoms with Gasteiger partial charge in [-0.25, -0.2) is 0 Å². The second-order valence-corrected chi connectivity index (χ2v) is 11.5. The summed E-state index contributed by atoms with van der Waals surface area (Å²) in [4.78, 5) is 40.9. The summed E-state index contributed by atoms with van der Waals surface area (Å²) in [5.74, 6) is -2.39. The van der Waals surface area contributed by atoms with E-state index in [0.717, 1.165) is 17.6 Å². The molecule has 0 bridgehead atoms. The third-order valence-electron chi connectivity index (χ3n) is 7.25. The van der Waals surface area contributed by atoms with Crippen molar-refractivity contribution >= 4 is 29.5 Å². The number of thioether (sulfide) groups is 1. The maximum absolute atomic E-state index is 12.8. The lowest BCUT2D eigenvalue weighted by Gasteiger charge is -2.47. The van der Waals surface area contributed by atoms with Gasteiger partial charge >= 0.3 is 0 Å². The van der Waals surface area contributed by atoms with Crippen LogP contribution in [0.25, 0.3) is 0 Å². The molecule has 9 nitrogen and oxygen atoms in total. The van der Waals surface area contributed by atoms with Crippen LogP contribution in [0.4, 0.5) is 0 Å². The molecule has 0 aromatic rings. The molecule has 31 heavy (non-hydrogen) atoms. The molecular formula is C21H32N4O5S. The van der Waals surface area contributed by atoms with Gasteiger partial charge < -0.3 is 34.6 Å². The van der Waals surface area contributed by atoms with E-state index in [2.05, 4.69) is 26.5 Å². The Morgan fingerprint density at radius 2 is 1.94 bits per heavy atom. The fourth-order valence-electron chi connectivity index (χ4n) is 5.18. The molecule has 4 heterocycles. The summed E-state index contributed by atoms with van der Waals surface area (Å²) in [5, 5.41) is 25.1. The van der Waals surface area contributed by atoms with Crippen LogP contribution in [0, 0.1) is 11.8 Å². The second-order valence-electron chi connectivity index (χ2n) is 10.2. The minimum absolute atomic E-state index is 0.0371. The summed E-state index contributed by atoms with van der Waals surface area (Å²) in [6.45, 7) is 5.58. The van der Waals surface area contributed by atoms with Gasteiger partial charge in [-0.1, -0.05) is 6.92 Å². The van der Waals surface area contributed by atoms with E-state index in [1.54, 1.807) is 6.92 Å². The van der Waals surface area contributed by atoms with Crippen molar-refractivity contribution in [3.8, 4) is 0 Å². The number of β-lactam (4-membered cyclic amide) rings is 1. The number of carboxylic acid groups (broad SMARTS) is 1. The molecule has 6 atom stereocenters. The molecule has 0 spiro atoms. The highest BCUT2D eigenvalue weighted by molar-refractivity contribution is 8.03. The summed E-state index contributed by atoms with van der Waals surface area (Å²) in [6.07, 6.45) is -0.213. The van der Waals surface area contributed by atoms with E-state index in [1.807, 2.05) is 11.8 Å². The molecule has 4 aliphatic heterocycles. The number of nitrogens with one attached hydrogen (secondary N) is 1. The number of quaternary nitrogens is 1. The second kappa shape index (κ2) is 7.75. The Bertz CT molecular complexity index is 832. The third kappa shape index (κ3) is 3.67. The van der Waals surface area contributed by atoms with Crippen LogP contribution in [0.5, 0.6) is 0 Å². The first-order valence-corrected chi connectivity index (χ1v) is 11.8. The first-order chi connectivity index (χ1) is 14.4. The number of fused-ring (bicyclic) bond motifs is 1. The van der Waals surface area contributed by atoms with Crippen molar-refractivity contribution in [3.63, 3.8) is 0 Å². The lowest BCUT2D eigenvalue weighted by atomic mass is 9.79. The van der Waals surface area contributed by atoms with Crippen molar-refractivity contribution in [2.45, 2.75) is 49.7 Å². The lowest BCUT2D eigenvalue weighted by molar-refractivity contribution is -0.900. The zero-order chi connectivity index (χ0) is 22.8. The number of likely N-dealkylation sites (tertiary alicyclic amines) is 1. The van der Waals surface area contributed by atoms with Crippen molar-refractivity contribution in [1.82, 2.24) is 15.1 Å². The van der Waals surface area contributed by atoms with Crippen molar-refractivity contribution in [2.24, 2.45) is 11.8 Å². The molecule has 0 aliphatic carbocycles. The maximum atomic E-state index is 12.8. The topological polar surface area (TPSA) is 113 Å². The average Bonchev–Trinajstić information content (AvgIpc) is 3.15. The molecule has 0 saturated carbocycles. The van der Waals surface area contributed by atoms with Crippen LogP contribution < -0.4 is 10.4 Å². The van der Waals surface area contributed by atoms with E-state index in [9.17, 15) is 24.6 Å². The highest BCUT2D eigenvalue weighted by Gasteiger charge is 2.59. The standard InChI is InChI=1S/C21H32N4O5S/c1-10-16-15(11(2)26)20(28)24(16)17(21(29)30)18(10)31-13-6-14(22-7-13)19(27)23-8-12(9-23)25(3,4)5/h10-16,22,26H,6-9H2,1-5H3/t10?,11?,13?,14?,15?,16-/m1/s1. The van der Waals surface area contributed by atoms with Gasteiger partial charge in [0, 0.05) is 22.6 Å². The predicted molar refractivity (Wildman–Crippen MR) is 113 cm³/mol. The molecule has 5 unspecified atom stereocenters. The van der Waals surface area contributed by atoms with Gasteiger partial charge in [-0.3, -0.25) is 9.59 Å². The van der Waals surface area contributed by atoms with Gasteiger partial charge in [0.05, 0.1) is 70.0 Å². The number of nitrogens with zero attached hydrogens (tertiary/aromatic N) is 3. The molecular weight excluding hydrogens is 420 g/mol. The summed E-state index contributed by atoms with van der Waals surface area (Å²) < 4.78 is 0.836. The summed E-state index contributed by atoms with van der Waals surface area (Å²) >= 11 is 1.43. The van der Waals surface area contributed by atoms with Crippen molar-refractivity contribution in [3.05, 3.63) is 10.6 Å². The highest BCUT2D eigenvalue weighted by Crippen LogP contribution is 2.51. The number of carbonyl (C=O) groups is 3. The lowest BCUT2D eigenvalue weighted by Crippen LogP contribution is -2.67. The molecule has 2 N–H and O–H groups in total. The molecule has 0 aromatic heterocycles. The highest BCUT2D eigenvalue weighted by atomic mass is 32.2. The maximum Gasteiger partial charge on any atom is 0.240 e. The van der Waals surface area contributed by atoms with Crippen LogP contribution in [0.15, 0.2) is 10.6 Å². The van der Waals surface area contributed by atoms with E-state index in [4.69, 9.17) is 0 Å². The Balaban J connectivity index is 1.40. The van der Waals surface area contributed by atoms with Crippen LogP contribution in [0.2, 0.25) is 0 Å². The summed E-state index contributed by atoms with van der Waals surface area (Å²) in [6, 6.07) is -0.156. The molecule has 4 aliphatic rings. The number of rotatable bonds is 6. The Labute approximate surface area is 187 Å². The van der Waals surface area contributed by atoms with Gasteiger partial charge in [0.25, 0.3) is 0 Å². The number of aliphatic hydroxyl groups excluding tert-OH is 1. The number of amides is 2. The SMILES string of the molecule is CC(O)C1C(=O)N2C(C(=O)[O-])=C(SC3CNC(C(=O)N4CC([N+](C)(C)C)C4)C3)C(C)[C@H]12. The van der Waals surface area contributed by atoms with E-state index < -0.39 is 18.0 Å². The van der Waals surface area contributed by atoms with E-state index >= 15 is 0 Å². The zero-order valence-electron chi connectivity index (χ0n) is 18.7. The molecule has 2 amide bonds. The molecule has 0 aromatic carbocycles. The predicted octanol–water partition coefficient (Wildman–Crippen LogP) is -1.81. The monoisotopic (exact) mass is 452 g/mol. The number of carboxylic acids is 1. The van der Waals surface area contributed by atoms with Crippen LogP contribution >= 0.6 is 11.8 Å². The van der Waals surface area contributed by atoms with Gasteiger partial charge in [0.15, 0.2) is 0 Å². The van der Waals surface area contributed by atoms with Gasteiger partial charge in [-0.2, -0.15) is 0 Å². The Hall–Kier alpha value is -1.62. The molecule has 3 fully saturated rings. The summed E-state index contributed by atoms with van der Waals surface area (Å²) in [5.41, 5.74) is -0.0623. The number of aliphatic hydroxyl groups is 1. The Kier molecular flexibility index (Phi) is 5.65. The number of hydrogen-bond acceptors (Lipinski definition) is 7. The minimum atomic E-state index is -1.36. The fraction of sp³-hybridized carbons (Fsp3) is 0.762. The first-order valence-electron chi connectivity index (χ1n) is 10.9. The smallest absolute Gasteiger partial charge is 0.240 e. The molecule has 0 radical (unpaired) electrons.